The van der Waals surface area contributed by atoms with Gasteiger partial charge in [0.05, 0.1) is 6.61 Å². The molecule has 0 amide bonds. The third-order valence-corrected chi connectivity index (χ3v) is 0.770. The maximum atomic E-state index is 9.78. The van der Waals surface area contributed by atoms with Gasteiger partial charge < -0.3 is 4.74 Å². The zero-order valence-electron chi connectivity index (χ0n) is 4.81. The zero-order chi connectivity index (χ0) is 7.33. The summed E-state index contributed by atoms with van der Waals surface area (Å²) in [5.41, 5.74) is 0. The molecule has 0 bridgehead atoms. The summed E-state index contributed by atoms with van der Waals surface area (Å²) < 4.78 is 34.5. The SMILES string of the molecule is CCOC=NS(=O)(=O)O. The molecule has 5 nitrogen and oxygen atoms in total. The molecule has 0 spiro atoms. The van der Waals surface area contributed by atoms with E-state index in [1.807, 2.05) is 0 Å². The smallest absolute Gasteiger partial charge is 0.381 e. The van der Waals surface area contributed by atoms with Crippen LogP contribution in [0.3, 0.4) is 0 Å². The molecule has 0 fully saturated rings. The Morgan fingerprint density at radius 3 is 2.67 bits per heavy atom. The third-order valence-electron chi connectivity index (χ3n) is 0.417. The summed E-state index contributed by atoms with van der Waals surface area (Å²) in [5, 5.41) is 0. The van der Waals surface area contributed by atoms with Gasteiger partial charge in [-0.2, -0.15) is 8.42 Å². The lowest BCUT2D eigenvalue weighted by atomic mass is 10.9. The van der Waals surface area contributed by atoms with Crippen molar-refractivity contribution in [1.82, 2.24) is 0 Å². The van der Waals surface area contributed by atoms with E-state index in [0.29, 0.717) is 13.0 Å². The summed E-state index contributed by atoms with van der Waals surface area (Å²) in [5.74, 6) is 0. The summed E-state index contributed by atoms with van der Waals surface area (Å²) in [7, 11) is -4.25. The molecule has 0 saturated carbocycles. The van der Waals surface area contributed by atoms with Crippen LogP contribution in [0, 0.1) is 0 Å². The standard InChI is InChI=1S/C3H7NO4S/c1-2-8-3-4-9(5,6)7/h3H,2H2,1H3,(H,5,6,7). The summed E-state index contributed by atoms with van der Waals surface area (Å²) in [6, 6.07) is 0. The minimum Gasteiger partial charge on any atom is -0.483 e. The van der Waals surface area contributed by atoms with Crippen molar-refractivity contribution in [3.63, 3.8) is 0 Å². The third kappa shape index (κ3) is 7.38. The summed E-state index contributed by atoms with van der Waals surface area (Å²) in [4.78, 5) is 0. The van der Waals surface area contributed by atoms with E-state index in [-0.39, 0.29) is 0 Å². The number of hydrogen-bond donors (Lipinski definition) is 1. The number of ether oxygens (including phenoxy) is 1. The molecule has 1 N–H and O–H groups in total. The molecule has 0 aromatic rings. The van der Waals surface area contributed by atoms with E-state index in [1.165, 1.54) is 0 Å². The van der Waals surface area contributed by atoms with Gasteiger partial charge >= 0.3 is 10.3 Å². The maximum Gasteiger partial charge on any atom is 0.381 e. The van der Waals surface area contributed by atoms with Crippen LogP contribution in [0.4, 0.5) is 0 Å². The Balaban J connectivity index is 3.73. The Labute approximate surface area is 53.2 Å². The Bertz CT molecular complexity index is 182. The van der Waals surface area contributed by atoms with Gasteiger partial charge in [0.15, 0.2) is 6.40 Å². The van der Waals surface area contributed by atoms with Crippen molar-refractivity contribution in [3.05, 3.63) is 0 Å². The minimum atomic E-state index is -4.25. The van der Waals surface area contributed by atoms with Gasteiger partial charge in [-0.25, -0.2) is 0 Å². The molecule has 0 aromatic heterocycles. The van der Waals surface area contributed by atoms with E-state index in [9.17, 15) is 8.42 Å². The zero-order valence-corrected chi connectivity index (χ0v) is 5.63. The molecule has 0 aromatic carbocycles. The van der Waals surface area contributed by atoms with Gasteiger partial charge in [0, 0.05) is 0 Å². The molecule has 0 atom stereocenters. The second-order valence-electron chi connectivity index (χ2n) is 1.11. The lowest BCUT2D eigenvalue weighted by Crippen LogP contribution is -1.93. The molecule has 0 radical (unpaired) electrons. The van der Waals surface area contributed by atoms with E-state index < -0.39 is 10.3 Å². The second-order valence-corrected chi connectivity index (χ2v) is 2.22. The fourth-order valence-electron chi connectivity index (χ4n) is 0.159. The van der Waals surface area contributed by atoms with Crippen molar-refractivity contribution in [1.29, 1.82) is 0 Å². The average molecular weight is 153 g/mol. The van der Waals surface area contributed by atoms with Crippen molar-refractivity contribution >= 4 is 16.7 Å². The van der Waals surface area contributed by atoms with E-state index in [2.05, 4.69) is 9.13 Å². The van der Waals surface area contributed by atoms with Crippen molar-refractivity contribution in [3.8, 4) is 0 Å². The topological polar surface area (TPSA) is 76.0 Å². The van der Waals surface area contributed by atoms with Gasteiger partial charge in [0.1, 0.15) is 0 Å². The van der Waals surface area contributed by atoms with Gasteiger partial charge in [0.2, 0.25) is 0 Å². The van der Waals surface area contributed by atoms with Crippen LogP contribution in [0.2, 0.25) is 0 Å². The largest absolute Gasteiger partial charge is 0.483 e. The molecule has 0 aliphatic heterocycles. The summed E-state index contributed by atoms with van der Waals surface area (Å²) in [6.07, 6.45) is 0.676. The van der Waals surface area contributed by atoms with Crippen molar-refractivity contribution in [2.24, 2.45) is 4.40 Å². The van der Waals surface area contributed by atoms with Crippen LogP contribution >= 0.6 is 0 Å². The summed E-state index contributed by atoms with van der Waals surface area (Å²) in [6.45, 7) is 1.98. The Morgan fingerprint density at radius 2 is 2.33 bits per heavy atom. The Morgan fingerprint density at radius 1 is 1.78 bits per heavy atom. The highest BCUT2D eigenvalue weighted by Crippen LogP contribution is 1.80. The number of rotatable bonds is 3. The highest BCUT2D eigenvalue weighted by molar-refractivity contribution is 7.84. The fourth-order valence-corrected chi connectivity index (χ4v) is 0.329. The van der Waals surface area contributed by atoms with Crippen LogP contribution < -0.4 is 0 Å². The van der Waals surface area contributed by atoms with Crippen LogP contribution in [0.5, 0.6) is 0 Å². The van der Waals surface area contributed by atoms with Gasteiger partial charge in [-0.15, -0.1) is 4.40 Å². The first-order valence-electron chi connectivity index (χ1n) is 2.19. The van der Waals surface area contributed by atoms with Crippen LogP contribution in [0.15, 0.2) is 4.40 Å². The molecule has 0 rings (SSSR count). The van der Waals surface area contributed by atoms with Gasteiger partial charge in [0.25, 0.3) is 0 Å². The molecule has 0 aliphatic rings. The van der Waals surface area contributed by atoms with Crippen LogP contribution in [-0.4, -0.2) is 26.0 Å². The van der Waals surface area contributed by atoms with Crippen molar-refractivity contribution in [2.75, 3.05) is 6.61 Å². The van der Waals surface area contributed by atoms with Crippen LogP contribution in [-0.2, 0) is 15.0 Å². The first-order valence-corrected chi connectivity index (χ1v) is 3.59. The molecule has 0 heterocycles. The monoisotopic (exact) mass is 153 g/mol. The predicted molar refractivity (Wildman–Crippen MR) is 31.7 cm³/mol. The highest BCUT2D eigenvalue weighted by atomic mass is 32.2. The minimum absolute atomic E-state index is 0.318. The lowest BCUT2D eigenvalue weighted by molar-refractivity contribution is 0.343. The number of nitrogens with zero attached hydrogens (tertiary/aromatic N) is 1. The molecule has 0 saturated heterocycles. The Hall–Kier alpha value is -0.620. The summed E-state index contributed by atoms with van der Waals surface area (Å²) >= 11 is 0. The molecule has 54 valence electrons. The first-order chi connectivity index (χ1) is 4.06. The van der Waals surface area contributed by atoms with E-state index in [4.69, 9.17) is 4.55 Å². The van der Waals surface area contributed by atoms with E-state index in [0.717, 1.165) is 0 Å². The maximum absolute atomic E-state index is 9.78. The van der Waals surface area contributed by atoms with E-state index in [1.54, 1.807) is 6.92 Å². The predicted octanol–water partition coefficient (Wildman–Crippen LogP) is -0.146. The fraction of sp³-hybridized carbons (Fsp3) is 0.667. The molecule has 0 unspecified atom stereocenters. The molecule has 6 heteroatoms. The van der Waals surface area contributed by atoms with Crippen LogP contribution in [0.1, 0.15) is 6.92 Å². The molecule has 9 heavy (non-hydrogen) atoms. The first kappa shape index (κ1) is 8.38. The van der Waals surface area contributed by atoms with Crippen molar-refractivity contribution < 1.29 is 17.7 Å². The van der Waals surface area contributed by atoms with Gasteiger partial charge in [-0.3, -0.25) is 4.55 Å². The number of hydrogen-bond acceptors (Lipinski definition) is 3. The Kier molecular flexibility index (Phi) is 3.18. The average Bonchev–Trinajstić information content (AvgIpc) is 1.63. The second kappa shape index (κ2) is 3.41. The highest BCUT2D eigenvalue weighted by Gasteiger charge is 1.94. The molecular formula is C3H7NO4S. The molecular weight excluding hydrogens is 146 g/mol. The van der Waals surface area contributed by atoms with Crippen molar-refractivity contribution in [2.45, 2.75) is 6.92 Å². The van der Waals surface area contributed by atoms with E-state index >= 15 is 0 Å². The quantitative estimate of drug-likeness (QED) is 0.347. The normalized spacial score (nSPS) is 12.2. The van der Waals surface area contributed by atoms with Gasteiger partial charge in [-0.1, -0.05) is 0 Å². The lowest BCUT2D eigenvalue weighted by Gasteiger charge is -1.88. The molecule has 0 aliphatic carbocycles. The van der Waals surface area contributed by atoms with Gasteiger partial charge in [-0.05, 0) is 6.92 Å². The van der Waals surface area contributed by atoms with Crippen LogP contribution in [0.25, 0.3) is 0 Å².